The molecule has 2 N–H and O–H groups in total. The zero-order chi connectivity index (χ0) is 17.8. The lowest BCUT2D eigenvalue weighted by atomic mass is 10.2. The van der Waals surface area contributed by atoms with Crippen LogP contribution in [0.25, 0.3) is 0 Å². The number of hydrogen-bond acceptors (Lipinski definition) is 4. The monoisotopic (exact) mass is 354 g/mol. The number of guanidine groups is 1. The molecule has 0 unspecified atom stereocenters. The third kappa shape index (κ3) is 8.64. The van der Waals surface area contributed by atoms with E-state index in [-0.39, 0.29) is 0 Å². The number of aromatic nitrogens is 1. The summed E-state index contributed by atoms with van der Waals surface area (Å²) in [5.74, 6) is 1.47. The Bertz CT molecular complexity index is 485. The first-order valence-electron chi connectivity index (χ1n) is 9.11. The van der Waals surface area contributed by atoms with Crippen LogP contribution in [0, 0.1) is 12.8 Å². The molecule has 0 saturated heterocycles. The van der Waals surface area contributed by atoms with Gasteiger partial charge in [0.2, 0.25) is 0 Å². The van der Waals surface area contributed by atoms with Crippen molar-refractivity contribution in [3.63, 3.8) is 0 Å². The van der Waals surface area contributed by atoms with Gasteiger partial charge in [-0.1, -0.05) is 20.8 Å². The fourth-order valence-corrected chi connectivity index (χ4v) is 3.25. The van der Waals surface area contributed by atoms with Crippen molar-refractivity contribution >= 4 is 17.3 Å². The highest BCUT2D eigenvalue weighted by atomic mass is 32.1. The normalized spacial score (nSPS) is 12.0. The van der Waals surface area contributed by atoms with Crippen LogP contribution in [0.5, 0.6) is 0 Å². The van der Waals surface area contributed by atoms with Gasteiger partial charge in [-0.15, -0.1) is 11.3 Å². The third-order valence-electron chi connectivity index (χ3n) is 3.42. The Morgan fingerprint density at radius 2 is 2.08 bits per heavy atom. The topological polar surface area (TPSA) is 58.5 Å². The van der Waals surface area contributed by atoms with Gasteiger partial charge in [0.1, 0.15) is 0 Å². The van der Waals surface area contributed by atoms with Gasteiger partial charge in [0.25, 0.3) is 0 Å². The predicted molar refractivity (Wildman–Crippen MR) is 104 cm³/mol. The Morgan fingerprint density at radius 1 is 1.29 bits per heavy atom. The summed E-state index contributed by atoms with van der Waals surface area (Å²) >= 11 is 1.81. The van der Waals surface area contributed by atoms with Gasteiger partial charge >= 0.3 is 0 Å². The van der Waals surface area contributed by atoms with E-state index in [0.717, 1.165) is 58.1 Å². The van der Waals surface area contributed by atoms with E-state index >= 15 is 0 Å². The average Bonchev–Trinajstić information content (AvgIpc) is 2.90. The van der Waals surface area contributed by atoms with E-state index in [9.17, 15) is 0 Å². The van der Waals surface area contributed by atoms with Crippen LogP contribution in [0.15, 0.2) is 4.99 Å². The number of aryl methyl sites for hydroxylation is 2. The van der Waals surface area contributed by atoms with Crippen LogP contribution in [0.1, 0.15) is 49.7 Å². The van der Waals surface area contributed by atoms with Gasteiger partial charge in [-0.3, -0.25) is 4.99 Å². The van der Waals surface area contributed by atoms with E-state index in [0.29, 0.717) is 5.92 Å². The summed E-state index contributed by atoms with van der Waals surface area (Å²) in [6.07, 6.45) is 2.90. The fourth-order valence-electron chi connectivity index (χ4n) is 2.23. The molecule has 1 heterocycles. The van der Waals surface area contributed by atoms with Crippen molar-refractivity contribution in [3.8, 4) is 0 Å². The molecule has 1 aromatic heterocycles. The fraction of sp³-hybridized carbons (Fsp3) is 0.778. The zero-order valence-electron chi connectivity index (χ0n) is 15.9. The Labute approximate surface area is 151 Å². The number of rotatable bonds is 11. The number of nitrogens with zero attached hydrogens (tertiary/aromatic N) is 2. The maximum absolute atomic E-state index is 5.58. The first-order valence-corrected chi connectivity index (χ1v) is 9.93. The number of ether oxygens (including phenoxy) is 1. The maximum Gasteiger partial charge on any atom is 0.191 e. The summed E-state index contributed by atoms with van der Waals surface area (Å²) in [4.78, 5) is 10.6. The van der Waals surface area contributed by atoms with E-state index in [1.165, 1.54) is 15.6 Å². The second-order valence-electron chi connectivity index (χ2n) is 6.22. The van der Waals surface area contributed by atoms with Gasteiger partial charge in [-0.2, -0.15) is 0 Å². The predicted octanol–water partition coefficient (Wildman–Crippen LogP) is 3.17. The van der Waals surface area contributed by atoms with Crippen molar-refractivity contribution in [2.24, 2.45) is 10.9 Å². The van der Waals surface area contributed by atoms with Crippen LogP contribution < -0.4 is 10.6 Å². The van der Waals surface area contributed by atoms with Gasteiger partial charge in [0, 0.05) is 44.1 Å². The molecular formula is C18H34N4OS. The average molecular weight is 355 g/mol. The number of aliphatic imine (C=N–C) groups is 1. The van der Waals surface area contributed by atoms with Gasteiger partial charge in [-0.25, -0.2) is 4.98 Å². The first kappa shape index (κ1) is 20.9. The van der Waals surface area contributed by atoms with Gasteiger partial charge in [-0.05, 0) is 32.6 Å². The molecule has 0 atom stereocenters. The molecule has 0 radical (unpaired) electrons. The highest BCUT2D eigenvalue weighted by molar-refractivity contribution is 7.11. The molecular weight excluding hydrogens is 320 g/mol. The molecule has 1 rings (SSSR count). The first-order chi connectivity index (χ1) is 11.6. The Kier molecular flexibility index (Phi) is 10.7. The molecule has 138 valence electrons. The van der Waals surface area contributed by atoms with Crippen LogP contribution in [0.3, 0.4) is 0 Å². The molecule has 0 saturated carbocycles. The minimum absolute atomic E-state index is 0.593. The zero-order valence-corrected chi connectivity index (χ0v) is 16.8. The Balaban J connectivity index is 2.29. The lowest BCUT2D eigenvalue weighted by Crippen LogP contribution is -2.38. The van der Waals surface area contributed by atoms with Crippen molar-refractivity contribution in [2.75, 3.05) is 32.8 Å². The third-order valence-corrected chi connectivity index (χ3v) is 4.49. The molecule has 5 nitrogen and oxygen atoms in total. The molecule has 1 aromatic rings. The molecule has 0 aliphatic heterocycles. The smallest absolute Gasteiger partial charge is 0.191 e. The largest absolute Gasteiger partial charge is 0.381 e. The molecule has 0 amide bonds. The highest BCUT2D eigenvalue weighted by Crippen LogP contribution is 2.17. The molecule has 6 heteroatoms. The van der Waals surface area contributed by atoms with Crippen LogP contribution >= 0.6 is 11.3 Å². The summed E-state index contributed by atoms with van der Waals surface area (Å²) in [5, 5.41) is 7.88. The van der Waals surface area contributed by atoms with E-state index in [4.69, 9.17) is 4.74 Å². The molecule has 0 aromatic carbocycles. The standard InChI is InChI=1S/C18H34N4OS/c1-6-16-15(5)24-17(22-16)9-11-21-18(19-7-2)20-10-8-12-23-13-14(3)4/h14H,6-13H2,1-5H3,(H2,19,20,21). The highest BCUT2D eigenvalue weighted by Gasteiger charge is 2.06. The summed E-state index contributed by atoms with van der Waals surface area (Å²) in [6, 6.07) is 0. The van der Waals surface area contributed by atoms with Crippen molar-refractivity contribution < 1.29 is 4.74 Å². The van der Waals surface area contributed by atoms with Gasteiger partial charge < -0.3 is 15.4 Å². The SMILES string of the molecule is CCNC(=NCCCOCC(C)C)NCCc1nc(CC)c(C)s1. The van der Waals surface area contributed by atoms with E-state index < -0.39 is 0 Å². The summed E-state index contributed by atoms with van der Waals surface area (Å²) in [7, 11) is 0. The van der Waals surface area contributed by atoms with Crippen LogP contribution in [-0.4, -0.2) is 43.8 Å². The Morgan fingerprint density at radius 3 is 2.71 bits per heavy atom. The van der Waals surface area contributed by atoms with E-state index in [1.807, 2.05) is 0 Å². The van der Waals surface area contributed by atoms with Crippen molar-refractivity contribution in [1.82, 2.24) is 15.6 Å². The quantitative estimate of drug-likeness (QED) is 0.364. The van der Waals surface area contributed by atoms with Gasteiger partial charge in [0.05, 0.1) is 10.7 Å². The van der Waals surface area contributed by atoms with Crippen LogP contribution in [-0.2, 0) is 17.6 Å². The summed E-state index contributed by atoms with van der Waals surface area (Å²) < 4.78 is 5.58. The molecule has 0 fully saturated rings. The summed E-state index contributed by atoms with van der Waals surface area (Å²) in [6.45, 7) is 14.8. The van der Waals surface area contributed by atoms with Crippen molar-refractivity contribution in [1.29, 1.82) is 0 Å². The minimum Gasteiger partial charge on any atom is -0.381 e. The molecule has 0 aliphatic rings. The lowest BCUT2D eigenvalue weighted by molar-refractivity contribution is 0.109. The van der Waals surface area contributed by atoms with Crippen LogP contribution in [0.4, 0.5) is 0 Å². The van der Waals surface area contributed by atoms with Gasteiger partial charge in [0.15, 0.2) is 5.96 Å². The number of nitrogens with one attached hydrogen (secondary N) is 2. The lowest BCUT2D eigenvalue weighted by Gasteiger charge is -2.11. The van der Waals surface area contributed by atoms with Crippen molar-refractivity contribution in [3.05, 3.63) is 15.6 Å². The molecule has 0 aliphatic carbocycles. The number of thiazole rings is 1. The molecule has 24 heavy (non-hydrogen) atoms. The van der Waals surface area contributed by atoms with Crippen LogP contribution in [0.2, 0.25) is 0 Å². The molecule has 0 spiro atoms. The second-order valence-corrected chi connectivity index (χ2v) is 7.51. The van der Waals surface area contributed by atoms with E-state index in [1.54, 1.807) is 11.3 Å². The second kappa shape index (κ2) is 12.3. The molecule has 0 bridgehead atoms. The summed E-state index contributed by atoms with van der Waals surface area (Å²) in [5.41, 5.74) is 1.23. The van der Waals surface area contributed by atoms with E-state index in [2.05, 4.69) is 55.2 Å². The number of hydrogen-bond donors (Lipinski definition) is 2. The maximum atomic E-state index is 5.58. The van der Waals surface area contributed by atoms with Crippen molar-refractivity contribution in [2.45, 2.75) is 53.9 Å². The Hall–Kier alpha value is -1.14. The minimum atomic E-state index is 0.593.